The Labute approximate surface area is 189 Å². The van der Waals surface area contributed by atoms with Crippen LogP contribution in [0.5, 0.6) is 0 Å². The van der Waals surface area contributed by atoms with E-state index in [4.69, 9.17) is 0 Å². The second kappa shape index (κ2) is 8.25. The fourth-order valence-electron chi connectivity index (χ4n) is 3.74. The average Bonchev–Trinajstić information content (AvgIpc) is 3.50. The van der Waals surface area contributed by atoms with Gasteiger partial charge in [-0.05, 0) is 36.3 Å². The highest BCUT2D eigenvalue weighted by molar-refractivity contribution is 7.93. The van der Waals surface area contributed by atoms with Gasteiger partial charge in [0, 0.05) is 40.7 Å². The molecule has 9 heteroatoms. The van der Waals surface area contributed by atoms with E-state index in [-0.39, 0.29) is 11.7 Å². The highest BCUT2D eigenvalue weighted by Gasteiger charge is 2.28. The third-order valence-corrected chi connectivity index (χ3v) is 7.93. The Morgan fingerprint density at radius 3 is 2.75 bits per heavy atom. The van der Waals surface area contributed by atoms with Gasteiger partial charge in [0.05, 0.1) is 17.1 Å². The number of benzene rings is 2. The second-order valence-electron chi connectivity index (χ2n) is 7.44. The zero-order valence-electron chi connectivity index (χ0n) is 17.0. The lowest BCUT2D eigenvalue weighted by molar-refractivity contribution is -0.111. The Kier molecular flexibility index (Phi) is 5.28. The molecule has 1 aliphatic heterocycles. The van der Waals surface area contributed by atoms with Gasteiger partial charge in [-0.25, -0.2) is 13.4 Å². The summed E-state index contributed by atoms with van der Waals surface area (Å²) < 4.78 is 25.5. The van der Waals surface area contributed by atoms with Crippen molar-refractivity contribution >= 4 is 55.1 Å². The summed E-state index contributed by atoms with van der Waals surface area (Å²) >= 11 is 1.37. The predicted molar refractivity (Wildman–Crippen MR) is 129 cm³/mol. The van der Waals surface area contributed by atoms with Gasteiger partial charge < -0.3 is 4.98 Å². The summed E-state index contributed by atoms with van der Waals surface area (Å²) in [5.41, 5.74) is 4.29. The van der Waals surface area contributed by atoms with Crippen molar-refractivity contribution in [3.63, 3.8) is 0 Å². The van der Waals surface area contributed by atoms with Crippen molar-refractivity contribution in [1.82, 2.24) is 9.97 Å². The van der Waals surface area contributed by atoms with E-state index in [1.165, 1.54) is 21.7 Å². The molecule has 0 aliphatic carbocycles. The van der Waals surface area contributed by atoms with Crippen LogP contribution in [-0.4, -0.2) is 36.6 Å². The minimum absolute atomic E-state index is 0.188. The van der Waals surface area contributed by atoms with E-state index >= 15 is 0 Å². The molecule has 1 aliphatic rings. The number of carbonyl (C=O) groups excluding carboxylic acids is 1. The molecule has 4 aromatic rings. The molecule has 2 N–H and O–H groups in total. The highest BCUT2D eigenvalue weighted by Crippen LogP contribution is 2.31. The SMILES string of the molecule is O=C(/C=C/c1ccc(N2CCCS2(=O)=O)cc1)Nc1nc(-c2c[nH]c3ccccc23)cs1. The zero-order chi connectivity index (χ0) is 22.1. The van der Waals surface area contributed by atoms with E-state index in [0.717, 1.165) is 27.7 Å². The number of carbonyl (C=O) groups is 1. The summed E-state index contributed by atoms with van der Waals surface area (Å²) in [6.07, 6.45) is 5.69. The lowest BCUT2D eigenvalue weighted by Crippen LogP contribution is -2.24. The average molecular weight is 465 g/mol. The van der Waals surface area contributed by atoms with E-state index < -0.39 is 10.0 Å². The molecular formula is C23H20N4O3S2. The van der Waals surface area contributed by atoms with Crippen molar-refractivity contribution in [3.8, 4) is 11.3 Å². The first-order chi connectivity index (χ1) is 15.5. The summed E-state index contributed by atoms with van der Waals surface area (Å²) in [6, 6.07) is 15.1. The van der Waals surface area contributed by atoms with Crippen molar-refractivity contribution in [1.29, 1.82) is 0 Å². The van der Waals surface area contributed by atoms with Gasteiger partial charge in [0.2, 0.25) is 15.9 Å². The number of thiazole rings is 1. The summed E-state index contributed by atoms with van der Waals surface area (Å²) in [5.74, 6) is -0.0934. The number of anilines is 2. The van der Waals surface area contributed by atoms with E-state index in [0.29, 0.717) is 23.8 Å². The lowest BCUT2D eigenvalue weighted by atomic mass is 10.1. The Bertz CT molecular complexity index is 1420. The maximum Gasteiger partial charge on any atom is 0.250 e. The van der Waals surface area contributed by atoms with Crippen LogP contribution in [0.3, 0.4) is 0 Å². The van der Waals surface area contributed by atoms with Crippen molar-refractivity contribution in [2.75, 3.05) is 21.9 Å². The largest absolute Gasteiger partial charge is 0.360 e. The molecule has 2 aromatic carbocycles. The molecule has 5 rings (SSSR count). The molecule has 2 aromatic heterocycles. The number of hydrogen-bond acceptors (Lipinski definition) is 5. The molecule has 162 valence electrons. The van der Waals surface area contributed by atoms with Crippen molar-refractivity contribution in [2.24, 2.45) is 0 Å². The van der Waals surface area contributed by atoms with Crippen LogP contribution in [0.2, 0.25) is 0 Å². The van der Waals surface area contributed by atoms with Crippen molar-refractivity contribution in [3.05, 3.63) is 71.7 Å². The summed E-state index contributed by atoms with van der Waals surface area (Å²) in [4.78, 5) is 20.1. The highest BCUT2D eigenvalue weighted by atomic mass is 32.2. The molecule has 1 saturated heterocycles. The molecule has 32 heavy (non-hydrogen) atoms. The monoisotopic (exact) mass is 464 g/mol. The van der Waals surface area contributed by atoms with Crippen LogP contribution in [0, 0.1) is 0 Å². The van der Waals surface area contributed by atoms with Crippen LogP contribution in [0.15, 0.2) is 66.2 Å². The fourth-order valence-corrected chi connectivity index (χ4v) is 6.02. The zero-order valence-corrected chi connectivity index (χ0v) is 18.6. The maximum absolute atomic E-state index is 12.3. The standard InChI is InChI=1S/C23H20N4O3S2/c28-22(11-8-16-6-9-17(10-7-16)27-12-3-13-32(27,29)30)26-23-25-21(15-31-23)19-14-24-20-5-2-1-4-18(19)20/h1-2,4-11,14-15,24H,3,12-13H2,(H,25,26,28)/b11-8+. The van der Waals surface area contributed by atoms with Gasteiger partial charge in [-0.15, -0.1) is 11.3 Å². The minimum Gasteiger partial charge on any atom is -0.360 e. The third-order valence-electron chi connectivity index (χ3n) is 5.31. The molecule has 0 bridgehead atoms. The molecule has 1 fully saturated rings. The topological polar surface area (TPSA) is 95.2 Å². The lowest BCUT2D eigenvalue weighted by Gasteiger charge is -2.16. The molecule has 0 radical (unpaired) electrons. The van der Waals surface area contributed by atoms with Gasteiger partial charge in [0.1, 0.15) is 0 Å². The van der Waals surface area contributed by atoms with Crippen LogP contribution >= 0.6 is 11.3 Å². The Hall–Kier alpha value is -3.43. The van der Waals surface area contributed by atoms with Gasteiger partial charge in [0.25, 0.3) is 0 Å². The van der Waals surface area contributed by atoms with Crippen LogP contribution < -0.4 is 9.62 Å². The minimum atomic E-state index is -3.20. The van der Waals surface area contributed by atoms with E-state index in [1.54, 1.807) is 30.3 Å². The fraction of sp³-hybridized carbons (Fsp3) is 0.130. The second-order valence-corrected chi connectivity index (χ2v) is 10.3. The number of sulfonamides is 1. The number of amides is 1. The third kappa shape index (κ3) is 4.04. The molecule has 1 amide bonds. The number of nitrogens with zero attached hydrogens (tertiary/aromatic N) is 2. The summed E-state index contributed by atoms with van der Waals surface area (Å²) in [5, 5.41) is 6.32. The van der Waals surface area contributed by atoms with Crippen molar-refractivity contribution in [2.45, 2.75) is 6.42 Å². The molecule has 0 saturated carbocycles. The quantitative estimate of drug-likeness (QED) is 0.426. The van der Waals surface area contributed by atoms with Crippen LogP contribution in [0.1, 0.15) is 12.0 Å². The normalized spacial score (nSPS) is 15.6. The molecule has 7 nitrogen and oxygen atoms in total. The Morgan fingerprint density at radius 1 is 1.16 bits per heavy atom. The molecule has 0 spiro atoms. The predicted octanol–water partition coefficient (Wildman–Crippen LogP) is 4.48. The van der Waals surface area contributed by atoms with Gasteiger partial charge >= 0.3 is 0 Å². The van der Waals surface area contributed by atoms with Crippen LogP contribution in [0.25, 0.3) is 28.2 Å². The Balaban J connectivity index is 1.24. The molecular weight excluding hydrogens is 444 g/mol. The number of fused-ring (bicyclic) bond motifs is 1. The van der Waals surface area contributed by atoms with E-state index in [1.807, 2.05) is 35.8 Å². The summed E-state index contributed by atoms with van der Waals surface area (Å²) in [7, 11) is -3.20. The first-order valence-corrected chi connectivity index (χ1v) is 12.6. The number of nitrogens with one attached hydrogen (secondary N) is 2. The van der Waals surface area contributed by atoms with E-state index in [9.17, 15) is 13.2 Å². The van der Waals surface area contributed by atoms with Crippen LogP contribution in [0.4, 0.5) is 10.8 Å². The number of para-hydroxylation sites is 1. The summed E-state index contributed by atoms with van der Waals surface area (Å²) in [6.45, 7) is 0.508. The van der Waals surface area contributed by atoms with Gasteiger partial charge in [0.15, 0.2) is 5.13 Å². The smallest absolute Gasteiger partial charge is 0.250 e. The number of aromatic amines is 1. The molecule has 0 unspecified atom stereocenters. The van der Waals surface area contributed by atoms with E-state index in [2.05, 4.69) is 15.3 Å². The first kappa shape index (κ1) is 20.5. The van der Waals surface area contributed by atoms with Crippen LogP contribution in [-0.2, 0) is 14.8 Å². The van der Waals surface area contributed by atoms with Gasteiger partial charge in [-0.2, -0.15) is 0 Å². The number of aromatic nitrogens is 2. The number of H-pyrrole nitrogens is 1. The van der Waals surface area contributed by atoms with Crippen molar-refractivity contribution < 1.29 is 13.2 Å². The Morgan fingerprint density at radius 2 is 1.97 bits per heavy atom. The number of hydrogen-bond donors (Lipinski definition) is 2. The molecule has 3 heterocycles. The first-order valence-electron chi connectivity index (χ1n) is 10.1. The maximum atomic E-state index is 12.3. The van der Waals surface area contributed by atoms with Gasteiger partial charge in [-0.3, -0.25) is 14.4 Å². The number of rotatable bonds is 5. The van der Waals surface area contributed by atoms with Gasteiger partial charge in [-0.1, -0.05) is 30.3 Å². The molecule has 0 atom stereocenters.